The second kappa shape index (κ2) is 5.81. The molecule has 7 rings (SSSR count). The van der Waals surface area contributed by atoms with Crippen molar-refractivity contribution in [3.63, 3.8) is 0 Å². The summed E-state index contributed by atoms with van der Waals surface area (Å²) in [4.78, 5) is 0. The first-order chi connectivity index (χ1) is 14.8. The molecule has 0 aliphatic heterocycles. The molecule has 0 fully saturated rings. The SMILES string of the molecule is Cc1ccc2c(c1)c1ccccc1c1c3sc4ccccc4c3c3ccccc3c21. The van der Waals surface area contributed by atoms with Crippen molar-refractivity contribution >= 4 is 74.6 Å². The van der Waals surface area contributed by atoms with E-state index in [1.165, 1.54) is 68.8 Å². The van der Waals surface area contributed by atoms with Gasteiger partial charge in [-0.05, 0) is 50.7 Å². The number of fused-ring (bicyclic) bond motifs is 13. The van der Waals surface area contributed by atoms with Crippen LogP contribution in [0.3, 0.4) is 0 Å². The van der Waals surface area contributed by atoms with Gasteiger partial charge in [-0.15, -0.1) is 11.3 Å². The summed E-state index contributed by atoms with van der Waals surface area (Å²) in [5.74, 6) is 0. The van der Waals surface area contributed by atoms with Crippen LogP contribution < -0.4 is 0 Å². The highest BCUT2D eigenvalue weighted by molar-refractivity contribution is 7.27. The van der Waals surface area contributed by atoms with Gasteiger partial charge in [0.05, 0.1) is 0 Å². The van der Waals surface area contributed by atoms with Crippen LogP contribution in [0.4, 0.5) is 0 Å². The minimum absolute atomic E-state index is 1.30. The first-order valence-electron chi connectivity index (χ1n) is 10.4. The van der Waals surface area contributed by atoms with Crippen LogP contribution in [0.25, 0.3) is 63.3 Å². The van der Waals surface area contributed by atoms with Gasteiger partial charge < -0.3 is 0 Å². The van der Waals surface area contributed by atoms with Gasteiger partial charge in [-0.3, -0.25) is 0 Å². The topological polar surface area (TPSA) is 0 Å². The van der Waals surface area contributed by atoms with Crippen LogP contribution in [0.2, 0.25) is 0 Å². The van der Waals surface area contributed by atoms with Crippen LogP contribution in [0.1, 0.15) is 5.56 Å². The van der Waals surface area contributed by atoms with E-state index in [0.29, 0.717) is 0 Å². The molecular weight excluding hydrogens is 380 g/mol. The van der Waals surface area contributed by atoms with Gasteiger partial charge in [0, 0.05) is 25.6 Å². The summed E-state index contributed by atoms with van der Waals surface area (Å²) in [7, 11) is 0. The lowest BCUT2D eigenvalue weighted by molar-refractivity contribution is 1.51. The molecule has 0 N–H and O–H groups in total. The van der Waals surface area contributed by atoms with Crippen LogP contribution in [0, 0.1) is 6.92 Å². The minimum atomic E-state index is 1.30. The molecule has 0 radical (unpaired) electrons. The fourth-order valence-electron chi connectivity index (χ4n) is 5.23. The Labute approximate surface area is 178 Å². The van der Waals surface area contributed by atoms with Gasteiger partial charge in [-0.25, -0.2) is 0 Å². The number of thiophene rings is 1. The normalized spacial score (nSPS) is 12.2. The molecule has 7 aromatic rings. The van der Waals surface area contributed by atoms with Crippen molar-refractivity contribution in [1.29, 1.82) is 0 Å². The second-order valence-corrected chi connectivity index (χ2v) is 9.24. The Bertz CT molecular complexity index is 1800. The predicted octanol–water partition coefficient (Wildman–Crippen LogP) is 8.98. The maximum absolute atomic E-state index is 2.35. The Hall–Kier alpha value is -3.42. The number of benzene rings is 6. The van der Waals surface area contributed by atoms with E-state index >= 15 is 0 Å². The summed E-state index contributed by atoms with van der Waals surface area (Å²) in [5, 5.41) is 13.7. The Balaban J connectivity index is 1.96. The monoisotopic (exact) mass is 398 g/mol. The summed E-state index contributed by atoms with van der Waals surface area (Å²) < 4.78 is 2.77. The summed E-state index contributed by atoms with van der Waals surface area (Å²) in [5.41, 5.74) is 1.30. The highest BCUT2D eigenvalue weighted by Gasteiger charge is 2.18. The third-order valence-corrected chi connectivity index (χ3v) is 7.66. The number of hydrogen-bond donors (Lipinski definition) is 0. The van der Waals surface area contributed by atoms with Gasteiger partial charge >= 0.3 is 0 Å². The molecule has 1 heteroatoms. The van der Waals surface area contributed by atoms with Crippen molar-refractivity contribution < 1.29 is 0 Å². The molecule has 0 unspecified atom stereocenters. The third-order valence-electron chi connectivity index (χ3n) is 6.47. The zero-order chi connectivity index (χ0) is 19.8. The van der Waals surface area contributed by atoms with Crippen LogP contribution in [-0.4, -0.2) is 0 Å². The van der Waals surface area contributed by atoms with Gasteiger partial charge in [-0.1, -0.05) is 90.5 Å². The molecule has 1 heterocycles. The Morgan fingerprint density at radius 3 is 1.80 bits per heavy atom. The smallest absolute Gasteiger partial charge is 0.0446 e. The zero-order valence-electron chi connectivity index (χ0n) is 16.6. The molecule has 140 valence electrons. The minimum Gasteiger partial charge on any atom is -0.134 e. The maximum atomic E-state index is 2.35. The third kappa shape index (κ3) is 2.00. The zero-order valence-corrected chi connectivity index (χ0v) is 17.4. The summed E-state index contributed by atoms with van der Waals surface area (Å²) >= 11 is 1.93. The standard InChI is InChI=1S/C29H18S/c1-17-14-15-22-24(16-17)18-8-2-3-9-19(18)28-26(22)20-10-4-5-11-21(20)27-23-12-6-7-13-25(23)30-29(27)28/h2-16H,1H3. The van der Waals surface area contributed by atoms with E-state index in [0.717, 1.165) is 0 Å². The Morgan fingerprint density at radius 2 is 1.03 bits per heavy atom. The first kappa shape index (κ1) is 16.4. The lowest BCUT2D eigenvalue weighted by Gasteiger charge is -2.15. The van der Waals surface area contributed by atoms with Gasteiger partial charge in [0.15, 0.2) is 0 Å². The summed E-state index contributed by atoms with van der Waals surface area (Å²) in [6, 6.07) is 33.7. The van der Waals surface area contributed by atoms with Crippen molar-refractivity contribution in [1.82, 2.24) is 0 Å². The average Bonchev–Trinajstić information content (AvgIpc) is 3.18. The molecule has 0 amide bonds. The number of rotatable bonds is 0. The Morgan fingerprint density at radius 1 is 0.467 bits per heavy atom. The summed E-state index contributed by atoms with van der Waals surface area (Å²) in [6.45, 7) is 2.19. The van der Waals surface area contributed by atoms with Crippen LogP contribution in [-0.2, 0) is 0 Å². The predicted molar refractivity (Wildman–Crippen MR) is 134 cm³/mol. The average molecular weight is 399 g/mol. The number of hydrogen-bond acceptors (Lipinski definition) is 1. The molecule has 30 heavy (non-hydrogen) atoms. The van der Waals surface area contributed by atoms with Crippen molar-refractivity contribution in [2.45, 2.75) is 6.92 Å². The van der Waals surface area contributed by atoms with E-state index in [1.807, 2.05) is 11.3 Å². The van der Waals surface area contributed by atoms with Crippen molar-refractivity contribution in [3.8, 4) is 0 Å². The Kier molecular flexibility index (Phi) is 3.17. The van der Waals surface area contributed by atoms with E-state index in [9.17, 15) is 0 Å². The number of aryl methyl sites for hydroxylation is 1. The molecule has 0 spiro atoms. The molecule has 0 saturated heterocycles. The van der Waals surface area contributed by atoms with Crippen molar-refractivity contribution in [2.24, 2.45) is 0 Å². The van der Waals surface area contributed by atoms with Crippen LogP contribution in [0.15, 0.2) is 91.0 Å². The molecule has 1 aromatic heterocycles. The second-order valence-electron chi connectivity index (χ2n) is 8.19. The van der Waals surface area contributed by atoms with Gasteiger partial charge in [-0.2, -0.15) is 0 Å². The largest absolute Gasteiger partial charge is 0.134 e. The maximum Gasteiger partial charge on any atom is 0.0446 e. The molecule has 0 atom stereocenters. The van der Waals surface area contributed by atoms with Crippen LogP contribution in [0.5, 0.6) is 0 Å². The first-order valence-corrected chi connectivity index (χ1v) is 11.2. The van der Waals surface area contributed by atoms with E-state index < -0.39 is 0 Å². The molecule has 0 aliphatic rings. The van der Waals surface area contributed by atoms with Gasteiger partial charge in [0.1, 0.15) is 0 Å². The summed E-state index contributed by atoms with van der Waals surface area (Å²) in [6.07, 6.45) is 0. The van der Waals surface area contributed by atoms with Crippen molar-refractivity contribution in [2.75, 3.05) is 0 Å². The molecule has 0 bridgehead atoms. The molecule has 0 saturated carbocycles. The van der Waals surface area contributed by atoms with E-state index in [2.05, 4.69) is 97.9 Å². The lowest BCUT2D eigenvalue weighted by Crippen LogP contribution is -1.87. The fourth-order valence-corrected chi connectivity index (χ4v) is 6.51. The molecule has 6 aromatic carbocycles. The van der Waals surface area contributed by atoms with E-state index in [-0.39, 0.29) is 0 Å². The molecular formula is C29H18S. The van der Waals surface area contributed by atoms with Crippen molar-refractivity contribution in [3.05, 3.63) is 96.6 Å². The highest BCUT2D eigenvalue weighted by Crippen LogP contribution is 2.48. The highest BCUT2D eigenvalue weighted by atomic mass is 32.1. The van der Waals surface area contributed by atoms with Crippen LogP contribution >= 0.6 is 11.3 Å². The van der Waals surface area contributed by atoms with E-state index in [4.69, 9.17) is 0 Å². The quantitative estimate of drug-likeness (QED) is 0.224. The lowest BCUT2D eigenvalue weighted by atomic mass is 9.89. The van der Waals surface area contributed by atoms with Gasteiger partial charge in [0.2, 0.25) is 0 Å². The molecule has 0 aliphatic carbocycles. The van der Waals surface area contributed by atoms with Gasteiger partial charge in [0.25, 0.3) is 0 Å². The molecule has 0 nitrogen and oxygen atoms in total. The van der Waals surface area contributed by atoms with E-state index in [1.54, 1.807) is 0 Å². The fraction of sp³-hybridized carbons (Fsp3) is 0.0345.